The molecule has 17 heavy (non-hydrogen) atoms. The molecule has 1 aliphatic heterocycles. The first kappa shape index (κ1) is 12.8. The summed E-state index contributed by atoms with van der Waals surface area (Å²) in [5.41, 5.74) is 1.67. The number of nitrogens with zero attached hydrogens (tertiary/aromatic N) is 2. The predicted molar refractivity (Wildman–Crippen MR) is 67.2 cm³/mol. The third kappa shape index (κ3) is 3.93. The molecule has 5 nitrogen and oxygen atoms in total. The Kier molecular flexibility index (Phi) is 4.75. The fraction of sp³-hybridized carbons (Fsp3) is 0.700. The van der Waals surface area contributed by atoms with Gasteiger partial charge in [0.1, 0.15) is 5.51 Å². The van der Waals surface area contributed by atoms with E-state index in [9.17, 15) is 4.79 Å². The summed E-state index contributed by atoms with van der Waals surface area (Å²) in [4.78, 5) is 11.8. The third-order valence-electron chi connectivity index (χ3n) is 2.51. The highest BCUT2D eigenvalue weighted by atomic mass is 32.2. The molecule has 2 heterocycles. The van der Waals surface area contributed by atoms with Crippen LogP contribution < -0.4 is 5.32 Å². The summed E-state index contributed by atoms with van der Waals surface area (Å²) in [6.07, 6.45) is 2.33. The van der Waals surface area contributed by atoms with Crippen LogP contribution in [-0.4, -0.2) is 40.6 Å². The Morgan fingerprint density at radius 1 is 1.82 bits per heavy atom. The van der Waals surface area contributed by atoms with Crippen LogP contribution in [0.5, 0.6) is 0 Å². The van der Waals surface area contributed by atoms with Gasteiger partial charge in [0.15, 0.2) is 4.34 Å². The molecule has 7 heteroatoms. The van der Waals surface area contributed by atoms with Crippen molar-refractivity contribution in [1.82, 2.24) is 15.5 Å². The van der Waals surface area contributed by atoms with Crippen molar-refractivity contribution in [3.8, 4) is 0 Å². The van der Waals surface area contributed by atoms with E-state index in [4.69, 9.17) is 4.74 Å². The lowest BCUT2D eigenvalue weighted by molar-refractivity contribution is -0.120. The highest BCUT2D eigenvalue weighted by molar-refractivity contribution is 8.02. The zero-order valence-corrected chi connectivity index (χ0v) is 11.2. The molecule has 1 N–H and O–H groups in total. The standard InChI is InChI=1S/C10H15N3O2S2/c1-7(17-10-13-12-6-16-10)9(14)11-5-8-3-2-4-15-8/h6-8H,2-5H2,1H3,(H,11,14). The van der Waals surface area contributed by atoms with Crippen molar-refractivity contribution in [3.63, 3.8) is 0 Å². The van der Waals surface area contributed by atoms with E-state index in [0.717, 1.165) is 23.8 Å². The average Bonchev–Trinajstić information content (AvgIpc) is 2.98. The number of hydrogen-bond acceptors (Lipinski definition) is 6. The first-order valence-corrected chi connectivity index (χ1v) is 7.34. The summed E-state index contributed by atoms with van der Waals surface area (Å²) >= 11 is 2.88. The van der Waals surface area contributed by atoms with Gasteiger partial charge in [0, 0.05) is 13.2 Å². The molecule has 0 bridgehead atoms. The first-order chi connectivity index (χ1) is 8.25. The molecular formula is C10H15N3O2S2. The van der Waals surface area contributed by atoms with E-state index in [1.54, 1.807) is 5.51 Å². The highest BCUT2D eigenvalue weighted by Gasteiger charge is 2.19. The molecule has 2 unspecified atom stereocenters. The number of thioether (sulfide) groups is 1. The number of nitrogens with one attached hydrogen (secondary N) is 1. The maximum Gasteiger partial charge on any atom is 0.233 e. The Hall–Kier alpha value is -0.660. The smallest absolute Gasteiger partial charge is 0.233 e. The van der Waals surface area contributed by atoms with Gasteiger partial charge in [0.05, 0.1) is 11.4 Å². The zero-order valence-electron chi connectivity index (χ0n) is 9.59. The van der Waals surface area contributed by atoms with E-state index in [2.05, 4.69) is 15.5 Å². The van der Waals surface area contributed by atoms with Crippen LogP contribution in [0.3, 0.4) is 0 Å². The second-order valence-electron chi connectivity index (χ2n) is 3.84. The molecule has 1 aliphatic rings. The second kappa shape index (κ2) is 6.32. The minimum atomic E-state index is -0.149. The molecule has 1 amide bonds. The lowest BCUT2D eigenvalue weighted by Gasteiger charge is -2.13. The van der Waals surface area contributed by atoms with Crippen molar-refractivity contribution in [3.05, 3.63) is 5.51 Å². The Morgan fingerprint density at radius 3 is 3.35 bits per heavy atom. The van der Waals surface area contributed by atoms with E-state index in [-0.39, 0.29) is 17.3 Å². The van der Waals surface area contributed by atoms with Gasteiger partial charge in [-0.05, 0) is 19.8 Å². The van der Waals surface area contributed by atoms with Gasteiger partial charge < -0.3 is 10.1 Å². The van der Waals surface area contributed by atoms with Gasteiger partial charge in [-0.15, -0.1) is 10.2 Å². The van der Waals surface area contributed by atoms with Crippen molar-refractivity contribution in [2.75, 3.05) is 13.2 Å². The molecule has 94 valence electrons. The molecule has 1 aromatic heterocycles. The fourth-order valence-corrected chi connectivity index (χ4v) is 3.23. The molecule has 2 atom stereocenters. The van der Waals surface area contributed by atoms with Crippen LogP contribution >= 0.6 is 23.1 Å². The predicted octanol–water partition coefficient (Wildman–Crippen LogP) is 1.31. The average molecular weight is 273 g/mol. The molecule has 1 aromatic rings. The molecular weight excluding hydrogens is 258 g/mol. The van der Waals surface area contributed by atoms with Crippen molar-refractivity contribution in [2.24, 2.45) is 0 Å². The Bertz CT molecular complexity index is 352. The van der Waals surface area contributed by atoms with Gasteiger partial charge in [-0.1, -0.05) is 23.1 Å². The van der Waals surface area contributed by atoms with Crippen LogP contribution in [0.4, 0.5) is 0 Å². The Morgan fingerprint density at radius 2 is 2.71 bits per heavy atom. The number of carbonyl (C=O) groups is 1. The van der Waals surface area contributed by atoms with Gasteiger partial charge in [0.2, 0.25) is 5.91 Å². The molecule has 1 saturated heterocycles. The summed E-state index contributed by atoms with van der Waals surface area (Å²) < 4.78 is 6.27. The van der Waals surface area contributed by atoms with Crippen LogP contribution in [0.1, 0.15) is 19.8 Å². The van der Waals surface area contributed by atoms with Gasteiger partial charge in [-0.3, -0.25) is 4.79 Å². The number of rotatable bonds is 5. The van der Waals surface area contributed by atoms with Crippen molar-refractivity contribution < 1.29 is 9.53 Å². The normalized spacial score (nSPS) is 21.4. The quantitative estimate of drug-likeness (QED) is 0.820. The van der Waals surface area contributed by atoms with Crippen LogP contribution in [0.25, 0.3) is 0 Å². The topological polar surface area (TPSA) is 64.1 Å². The van der Waals surface area contributed by atoms with E-state index in [1.165, 1.54) is 23.1 Å². The lowest BCUT2D eigenvalue weighted by atomic mass is 10.2. The molecule has 1 fully saturated rings. The van der Waals surface area contributed by atoms with Crippen LogP contribution in [-0.2, 0) is 9.53 Å². The first-order valence-electron chi connectivity index (χ1n) is 5.58. The van der Waals surface area contributed by atoms with Crippen LogP contribution in [0.2, 0.25) is 0 Å². The number of aromatic nitrogens is 2. The van der Waals surface area contributed by atoms with Gasteiger partial charge in [-0.2, -0.15) is 0 Å². The minimum absolute atomic E-state index is 0.0284. The molecule has 0 aromatic carbocycles. The van der Waals surface area contributed by atoms with Crippen molar-refractivity contribution in [2.45, 2.75) is 35.5 Å². The Labute approximate surface area is 108 Å². The van der Waals surface area contributed by atoms with E-state index in [0.29, 0.717) is 6.54 Å². The van der Waals surface area contributed by atoms with Crippen LogP contribution in [0, 0.1) is 0 Å². The maximum atomic E-state index is 11.8. The highest BCUT2D eigenvalue weighted by Crippen LogP contribution is 2.24. The van der Waals surface area contributed by atoms with Gasteiger partial charge >= 0.3 is 0 Å². The lowest BCUT2D eigenvalue weighted by Crippen LogP contribution is -2.36. The summed E-state index contributed by atoms with van der Waals surface area (Å²) in [5.74, 6) is 0.0284. The SMILES string of the molecule is CC(Sc1nncs1)C(=O)NCC1CCCO1. The Balaban J connectivity index is 1.71. The fourth-order valence-electron chi connectivity index (χ4n) is 1.58. The largest absolute Gasteiger partial charge is 0.376 e. The van der Waals surface area contributed by atoms with E-state index in [1.807, 2.05) is 6.92 Å². The summed E-state index contributed by atoms with van der Waals surface area (Å²) in [5, 5.41) is 10.4. The van der Waals surface area contributed by atoms with E-state index >= 15 is 0 Å². The zero-order chi connectivity index (χ0) is 12.1. The van der Waals surface area contributed by atoms with Crippen molar-refractivity contribution >= 4 is 29.0 Å². The molecule has 0 saturated carbocycles. The second-order valence-corrected chi connectivity index (χ2v) is 6.27. The monoisotopic (exact) mass is 273 g/mol. The number of ether oxygens (including phenoxy) is 1. The molecule has 0 spiro atoms. The summed E-state index contributed by atoms with van der Waals surface area (Å²) in [6, 6.07) is 0. The third-order valence-corrected chi connectivity index (χ3v) is 4.43. The number of amides is 1. The number of carbonyl (C=O) groups excluding carboxylic acids is 1. The summed E-state index contributed by atoms with van der Waals surface area (Å²) in [7, 11) is 0. The van der Waals surface area contributed by atoms with Crippen molar-refractivity contribution in [1.29, 1.82) is 0 Å². The maximum absolute atomic E-state index is 11.8. The van der Waals surface area contributed by atoms with E-state index < -0.39 is 0 Å². The molecule has 2 rings (SSSR count). The van der Waals surface area contributed by atoms with Crippen LogP contribution in [0.15, 0.2) is 9.85 Å². The van der Waals surface area contributed by atoms with Gasteiger partial charge in [-0.25, -0.2) is 0 Å². The minimum Gasteiger partial charge on any atom is -0.376 e. The summed E-state index contributed by atoms with van der Waals surface area (Å²) in [6.45, 7) is 3.30. The number of hydrogen-bond donors (Lipinski definition) is 1. The van der Waals surface area contributed by atoms with Gasteiger partial charge in [0.25, 0.3) is 0 Å². The molecule has 0 aliphatic carbocycles. The molecule has 0 radical (unpaired) electrons.